The molecule has 31 heavy (non-hydrogen) atoms. The number of nitrogens with one attached hydrogen (secondary N) is 1. The van der Waals surface area contributed by atoms with Gasteiger partial charge in [0.25, 0.3) is 0 Å². The van der Waals surface area contributed by atoms with E-state index in [9.17, 15) is 4.79 Å². The number of esters is 1. The van der Waals surface area contributed by atoms with E-state index < -0.39 is 0 Å². The second-order valence-corrected chi connectivity index (χ2v) is 7.65. The van der Waals surface area contributed by atoms with E-state index in [1.165, 1.54) is 7.11 Å². The van der Waals surface area contributed by atoms with Crippen LogP contribution in [0.2, 0.25) is 0 Å². The monoisotopic (exact) mass is 420 g/mol. The lowest BCUT2D eigenvalue weighted by Gasteiger charge is -2.22. The van der Waals surface area contributed by atoms with Crippen molar-refractivity contribution in [2.45, 2.75) is 31.8 Å². The van der Waals surface area contributed by atoms with Crippen molar-refractivity contribution in [2.24, 2.45) is 0 Å². The molecule has 162 valence electrons. The first kappa shape index (κ1) is 21.1. The molecule has 7 heteroatoms. The number of ether oxygens (including phenoxy) is 2. The molecule has 1 N–H and O–H groups in total. The van der Waals surface area contributed by atoms with Gasteiger partial charge >= 0.3 is 5.97 Å². The highest BCUT2D eigenvalue weighted by Crippen LogP contribution is 2.24. The number of benzene rings is 2. The molecule has 0 radical (unpaired) electrons. The summed E-state index contributed by atoms with van der Waals surface area (Å²) in [7, 11) is 3.13. The van der Waals surface area contributed by atoms with E-state index in [1.54, 1.807) is 7.11 Å². The lowest BCUT2D eigenvalue weighted by Crippen LogP contribution is -2.36. The standard InChI is InChI=1S/C24H28N4O3/c1-30-21-12-6-3-8-17(21)13-14-25-23-18-9-4-5-10-19(18)26-22(27-23)16-28-15-7-11-20(28)24(29)31-2/h3-6,8-10,12,20H,7,11,13-16H2,1-2H3,(H,25,26,27)/t20-/m0/s1. The summed E-state index contributed by atoms with van der Waals surface area (Å²) < 4.78 is 10.4. The number of nitrogens with zero attached hydrogens (tertiary/aromatic N) is 3. The van der Waals surface area contributed by atoms with Gasteiger partial charge < -0.3 is 14.8 Å². The van der Waals surface area contributed by atoms with Gasteiger partial charge in [-0.05, 0) is 49.6 Å². The Labute approximate surface area is 182 Å². The van der Waals surface area contributed by atoms with Gasteiger partial charge in [-0.3, -0.25) is 9.69 Å². The summed E-state index contributed by atoms with van der Waals surface area (Å²) in [6.45, 7) is 2.08. The van der Waals surface area contributed by atoms with Crippen LogP contribution in [0.25, 0.3) is 10.9 Å². The molecule has 3 aromatic rings. The summed E-state index contributed by atoms with van der Waals surface area (Å²) in [5.74, 6) is 2.22. The molecule has 7 nitrogen and oxygen atoms in total. The van der Waals surface area contributed by atoms with E-state index in [0.29, 0.717) is 12.4 Å². The maximum Gasteiger partial charge on any atom is 0.323 e. The number of anilines is 1. The van der Waals surface area contributed by atoms with Gasteiger partial charge in [-0.15, -0.1) is 0 Å². The molecule has 0 spiro atoms. The zero-order valence-electron chi connectivity index (χ0n) is 18.0. The van der Waals surface area contributed by atoms with Crippen LogP contribution in [0.1, 0.15) is 24.2 Å². The molecule has 1 aromatic heterocycles. The summed E-state index contributed by atoms with van der Waals surface area (Å²) in [5.41, 5.74) is 2.04. The van der Waals surface area contributed by atoms with Gasteiger partial charge in [0.1, 0.15) is 23.4 Å². The molecule has 2 aromatic carbocycles. The van der Waals surface area contributed by atoms with E-state index in [1.807, 2.05) is 42.5 Å². The molecular formula is C24H28N4O3. The summed E-state index contributed by atoms with van der Waals surface area (Å²) in [6, 6.07) is 15.8. The molecule has 1 fully saturated rings. The molecular weight excluding hydrogens is 392 g/mol. The summed E-state index contributed by atoms with van der Waals surface area (Å²) >= 11 is 0. The summed E-state index contributed by atoms with van der Waals surface area (Å²) in [6.07, 6.45) is 2.59. The van der Waals surface area contributed by atoms with Crippen LogP contribution in [-0.2, 0) is 22.5 Å². The van der Waals surface area contributed by atoms with E-state index in [2.05, 4.69) is 16.3 Å². The number of carbonyl (C=O) groups is 1. The van der Waals surface area contributed by atoms with Crippen LogP contribution in [0.15, 0.2) is 48.5 Å². The Morgan fingerprint density at radius 1 is 1.13 bits per heavy atom. The Morgan fingerprint density at radius 3 is 2.77 bits per heavy atom. The molecule has 2 heterocycles. The number of hydrogen-bond donors (Lipinski definition) is 1. The topological polar surface area (TPSA) is 76.6 Å². The quantitative estimate of drug-likeness (QED) is 0.560. The first-order valence-corrected chi connectivity index (χ1v) is 10.6. The SMILES string of the molecule is COC(=O)[C@@H]1CCCN1Cc1nc(NCCc2ccccc2OC)c2ccccc2n1. The van der Waals surface area contributed by atoms with Crippen molar-refractivity contribution in [1.82, 2.24) is 14.9 Å². The Hall–Kier alpha value is -3.19. The van der Waals surface area contributed by atoms with Gasteiger partial charge in [-0.1, -0.05) is 30.3 Å². The van der Waals surface area contributed by atoms with E-state index >= 15 is 0 Å². The number of para-hydroxylation sites is 2. The van der Waals surface area contributed by atoms with E-state index in [4.69, 9.17) is 19.4 Å². The fourth-order valence-corrected chi connectivity index (χ4v) is 4.16. The number of rotatable bonds is 8. The molecule has 0 unspecified atom stereocenters. The Kier molecular flexibility index (Phi) is 6.62. The second-order valence-electron chi connectivity index (χ2n) is 7.65. The zero-order chi connectivity index (χ0) is 21.6. The maximum atomic E-state index is 12.1. The number of fused-ring (bicyclic) bond motifs is 1. The molecule has 0 saturated carbocycles. The normalized spacial score (nSPS) is 16.4. The minimum absolute atomic E-state index is 0.187. The molecule has 0 aliphatic carbocycles. The average molecular weight is 421 g/mol. The van der Waals surface area contributed by atoms with Crippen LogP contribution in [-0.4, -0.2) is 54.2 Å². The largest absolute Gasteiger partial charge is 0.496 e. The molecule has 4 rings (SSSR count). The van der Waals surface area contributed by atoms with E-state index in [-0.39, 0.29) is 12.0 Å². The third-order valence-corrected chi connectivity index (χ3v) is 5.71. The van der Waals surface area contributed by atoms with Gasteiger partial charge in [0, 0.05) is 11.9 Å². The number of likely N-dealkylation sites (tertiary alicyclic amines) is 1. The van der Waals surface area contributed by atoms with Crippen molar-refractivity contribution in [3.05, 3.63) is 59.9 Å². The highest BCUT2D eigenvalue weighted by Gasteiger charge is 2.32. The van der Waals surface area contributed by atoms with Crippen molar-refractivity contribution in [3.8, 4) is 5.75 Å². The maximum absolute atomic E-state index is 12.1. The molecule has 1 atom stereocenters. The number of carbonyl (C=O) groups excluding carboxylic acids is 1. The first-order valence-electron chi connectivity index (χ1n) is 10.6. The van der Waals surface area contributed by atoms with Crippen molar-refractivity contribution < 1.29 is 14.3 Å². The van der Waals surface area contributed by atoms with Gasteiger partial charge in [0.2, 0.25) is 0 Å². The van der Waals surface area contributed by atoms with Crippen LogP contribution in [0.3, 0.4) is 0 Å². The van der Waals surface area contributed by atoms with Gasteiger partial charge in [0.15, 0.2) is 0 Å². The molecule has 0 bridgehead atoms. The van der Waals surface area contributed by atoms with Crippen molar-refractivity contribution in [1.29, 1.82) is 0 Å². The van der Waals surface area contributed by atoms with Crippen LogP contribution in [0.4, 0.5) is 5.82 Å². The highest BCUT2D eigenvalue weighted by molar-refractivity contribution is 5.89. The Morgan fingerprint density at radius 2 is 1.94 bits per heavy atom. The highest BCUT2D eigenvalue weighted by atomic mass is 16.5. The minimum atomic E-state index is -0.220. The van der Waals surface area contributed by atoms with Crippen LogP contribution in [0.5, 0.6) is 5.75 Å². The van der Waals surface area contributed by atoms with E-state index in [0.717, 1.165) is 60.4 Å². The zero-order valence-corrected chi connectivity index (χ0v) is 18.0. The van der Waals surface area contributed by atoms with Crippen LogP contribution in [0, 0.1) is 0 Å². The fourth-order valence-electron chi connectivity index (χ4n) is 4.16. The van der Waals surface area contributed by atoms with Crippen LogP contribution < -0.4 is 10.1 Å². The van der Waals surface area contributed by atoms with Gasteiger partial charge in [0.05, 0.1) is 26.3 Å². The van der Waals surface area contributed by atoms with Gasteiger partial charge in [-0.2, -0.15) is 0 Å². The molecule has 1 saturated heterocycles. The average Bonchev–Trinajstić information content (AvgIpc) is 3.27. The van der Waals surface area contributed by atoms with Crippen LogP contribution >= 0.6 is 0 Å². The molecule has 1 aliphatic rings. The summed E-state index contributed by atoms with van der Waals surface area (Å²) in [4.78, 5) is 23.8. The smallest absolute Gasteiger partial charge is 0.323 e. The second kappa shape index (κ2) is 9.75. The molecule has 0 amide bonds. The van der Waals surface area contributed by atoms with Crippen molar-refractivity contribution >= 4 is 22.7 Å². The number of methoxy groups -OCH3 is 2. The van der Waals surface area contributed by atoms with Crippen molar-refractivity contribution in [3.63, 3.8) is 0 Å². The third kappa shape index (κ3) is 4.77. The Balaban J connectivity index is 1.53. The minimum Gasteiger partial charge on any atom is -0.496 e. The third-order valence-electron chi connectivity index (χ3n) is 5.71. The first-order chi connectivity index (χ1) is 15.2. The lowest BCUT2D eigenvalue weighted by molar-refractivity contribution is -0.146. The lowest BCUT2D eigenvalue weighted by atomic mass is 10.1. The predicted octanol–water partition coefficient (Wildman–Crippen LogP) is 3.43. The number of aromatic nitrogens is 2. The number of hydrogen-bond acceptors (Lipinski definition) is 7. The van der Waals surface area contributed by atoms with Crippen molar-refractivity contribution in [2.75, 3.05) is 32.6 Å². The molecule has 1 aliphatic heterocycles. The fraction of sp³-hybridized carbons (Fsp3) is 0.375. The Bertz CT molecular complexity index is 1060. The predicted molar refractivity (Wildman–Crippen MR) is 120 cm³/mol. The summed E-state index contributed by atoms with van der Waals surface area (Å²) in [5, 5.41) is 4.46. The van der Waals surface area contributed by atoms with Gasteiger partial charge in [-0.25, -0.2) is 9.97 Å².